The fourth-order valence-electron chi connectivity index (χ4n) is 2.72. The van der Waals surface area contributed by atoms with Gasteiger partial charge in [0.25, 0.3) is 5.91 Å². The minimum atomic E-state index is -3.35. The number of amides is 1. The van der Waals surface area contributed by atoms with Crippen molar-refractivity contribution in [1.29, 1.82) is 0 Å². The van der Waals surface area contributed by atoms with Crippen molar-refractivity contribution >= 4 is 21.6 Å². The van der Waals surface area contributed by atoms with Crippen molar-refractivity contribution in [3.05, 3.63) is 29.3 Å². The van der Waals surface area contributed by atoms with E-state index in [1.54, 1.807) is 25.1 Å². The van der Waals surface area contributed by atoms with E-state index >= 15 is 0 Å². The van der Waals surface area contributed by atoms with Crippen LogP contribution >= 0.6 is 0 Å². The van der Waals surface area contributed by atoms with Crippen LogP contribution in [0.4, 0.5) is 5.69 Å². The molecule has 1 amide bonds. The molecule has 0 aliphatic carbocycles. The Morgan fingerprint density at radius 3 is 2.71 bits per heavy atom. The SMILES string of the molecule is Cc1c(NS(C)(=O)=O)cccc1C(=O)N1CCCC(C)C1. The van der Waals surface area contributed by atoms with Gasteiger partial charge in [-0.05, 0) is 43.4 Å². The number of hydrogen-bond acceptors (Lipinski definition) is 3. The van der Waals surface area contributed by atoms with Gasteiger partial charge in [-0.25, -0.2) is 8.42 Å². The zero-order chi connectivity index (χ0) is 15.6. The summed E-state index contributed by atoms with van der Waals surface area (Å²) in [5.74, 6) is 0.497. The Balaban J connectivity index is 2.27. The second kappa shape index (κ2) is 6.05. The van der Waals surface area contributed by atoms with Crippen LogP contribution < -0.4 is 4.72 Å². The summed E-state index contributed by atoms with van der Waals surface area (Å²) in [6.07, 6.45) is 3.28. The Bertz CT molecular complexity index is 640. The number of carbonyl (C=O) groups is 1. The highest BCUT2D eigenvalue weighted by Gasteiger charge is 2.23. The number of piperidine rings is 1. The van der Waals surface area contributed by atoms with Crippen LogP contribution in [0.2, 0.25) is 0 Å². The molecule has 1 saturated heterocycles. The van der Waals surface area contributed by atoms with Crippen molar-refractivity contribution in [3.8, 4) is 0 Å². The maximum absolute atomic E-state index is 12.6. The molecule has 0 bridgehead atoms. The first kappa shape index (κ1) is 15.8. The average Bonchev–Trinajstić information content (AvgIpc) is 2.39. The number of nitrogens with zero attached hydrogens (tertiary/aromatic N) is 1. The lowest BCUT2D eigenvalue weighted by atomic mass is 9.98. The molecule has 0 aromatic heterocycles. The van der Waals surface area contributed by atoms with E-state index in [9.17, 15) is 13.2 Å². The zero-order valence-corrected chi connectivity index (χ0v) is 13.5. The minimum Gasteiger partial charge on any atom is -0.338 e. The first-order valence-corrected chi connectivity index (χ1v) is 9.04. The third kappa shape index (κ3) is 3.97. The molecule has 1 aliphatic heterocycles. The highest BCUT2D eigenvalue weighted by atomic mass is 32.2. The summed E-state index contributed by atoms with van der Waals surface area (Å²) in [7, 11) is -3.35. The maximum Gasteiger partial charge on any atom is 0.254 e. The third-order valence-electron chi connectivity index (χ3n) is 3.80. The third-order valence-corrected chi connectivity index (χ3v) is 4.39. The molecule has 0 radical (unpaired) electrons. The number of benzene rings is 1. The molecule has 1 atom stereocenters. The van der Waals surface area contributed by atoms with Crippen LogP contribution in [-0.4, -0.2) is 38.6 Å². The summed E-state index contributed by atoms with van der Waals surface area (Å²) in [6, 6.07) is 5.14. The van der Waals surface area contributed by atoms with E-state index in [4.69, 9.17) is 0 Å². The quantitative estimate of drug-likeness (QED) is 0.931. The van der Waals surface area contributed by atoms with Crippen molar-refractivity contribution in [2.75, 3.05) is 24.1 Å². The number of nitrogens with one attached hydrogen (secondary N) is 1. The second-order valence-corrected chi connectivity index (χ2v) is 7.60. The van der Waals surface area contributed by atoms with Gasteiger partial charge >= 0.3 is 0 Å². The smallest absolute Gasteiger partial charge is 0.254 e. The van der Waals surface area contributed by atoms with Gasteiger partial charge in [-0.3, -0.25) is 9.52 Å². The van der Waals surface area contributed by atoms with Crippen LogP contribution in [0.5, 0.6) is 0 Å². The van der Waals surface area contributed by atoms with Crippen molar-refractivity contribution in [2.45, 2.75) is 26.7 Å². The lowest BCUT2D eigenvalue weighted by Gasteiger charge is -2.31. The van der Waals surface area contributed by atoms with E-state index in [1.807, 2.05) is 4.90 Å². The van der Waals surface area contributed by atoms with Gasteiger partial charge in [0.15, 0.2) is 0 Å². The number of rotatable bonds is 3. The van der Waals surface area contributed by atoms with E-state index in [2.05, 4.69) is 11.6 Å². The summed E-state index contributed by atoms with van der Waals surface area (Å²) in [4.78, 5) is 14.5. The molecule has 1 N–H and O–H groups in total. The standard InChI is InChI=1S/C15H22N2O3S/c1-11-6-5-9-17(10-11)15(18)13-7-4-8-14(12(13)2)16-21(3,19)20/h4,7-8,11,16H,5-6,9-10H2,1-3H3. The van der Waals surface area contributed by atoms with Gasteiger partial charge in [-0.1, -0.05) is 13.0 Å². The Kier molecular flexibility index (Phi) is 4.56. The van der Waals surface area contributed by atoms with Gasteiger partial charge in [-0.15, -0.1) is 0 Å². The highest BCUT2D eigenvalue weighted by molar-refractivity contribution is 7.92. The van der Waals surface area contributed by atoms with Gasteiger partial charge in [0.2, 0.25) is 10.0 Å². The molecule has 1 aromatic carbocycles. The van der Waals surface area contributed by atoms with Crippen LogP contribution in [0.25, 0.3) is 0 Å². The number of sulfonamides is 1. The summed E-state index contributed by atoms with van der Waals surface area (Å²) in [5, 5.41) is 0. The van der Waals surface area contributed by atoms with Crippen LogP contribution in [-0.2, 0) is 10.0 Å². The molecule has 2 rings (SSSR count). The average molecular weight is 310 g/mol. The van der Waals surface area contributed by atoms with E-state index in [0.29, 0.717) is 22.7 Å². The van der Waals surface area contributed by atoms with E-state index in [0.717, 1.165) is 32.2 Å². The van der Waals surface area contributed by atoms with E-state index < -0.39 is 10.0 Å². The van der Waals surface area contributed by atoms with Gasteiger partial charge in [0.1, 0.15) is 0 Å². The largest absolute Gasteiger partial charge is 0.338 e. The molecule has 1 unspecified atom stereocenters. The Hall–Kier alpha value is -1.56. The molecule has 21 heavy (non-hydrogen) atoms. The minimum absolute atomic E-state index is 0.0174. The first-order chi connectivity index (χ1) is 9.78. The van der Waals surface area contributed by atoms with Crippen LogP contribution in [0.15, 0.2) is 18.2 Å². The number of hydrogen-bond donors (Lipinski definition) is 1. The highest BCUT2D eigenvalue weighted by Crippen LogP contribution is 2.23. The molecule has 1 aromatic rings. The summed E-state index contributed by atoms with van der Waals surface area (Å²) < 4.78 is 25.2. The summed E-state index contributed by atoms with van der Waals surface area (Å²) in [5.41, 5.74) is 1.71. The first-order valence-electron chi connectivity index (χ1n) is 7.14. The molecule has 5 nitrogen and oxygen atoms in total. The van der Waals surface area contributed by atoms with Gasteiger partial charge in [0, 0.05) is 18.7 Å². The molecule has 0 spiro atoms. The van der Waals surface area contributed by atoms with E-state index in [-0.39, 0.29) is 5.91 Å². The molecule has 1 fully saturated rings. The summed E-state index contributed by atoms with van der Waals surface area (Å²) >= 11 is 0. The Labute approximate surface area is 126 Å². The van der Waals surface area contributed by atoms with Crippen LogP contribution in [0, 0.1) is 12.8 Å². The van der Waals surface area contributed by atoms with Gasteiger partial charge in [-0.2, -0.15) is 0 Å². The normalized spacial score (nSPS) is 19.4. The number of carbonyl (C=O) groups excluding carboxylic acids is 1. The molecular formula is C15H22N2O3S. The monoisotopic (exact) mass is 310 g/mol. The lowest BCUT2D eigenvalue weighted by Crippen LogP contribution is -2.39. The predicted molar refractivity (Wildman–Crippen MR) is 83.9 cm³/mol. The van der Waals surface area contributed by atoms with Crippen molar-refractivity contribution in [3.63, 3.8) is 0 Å². The van der Waals surface area contributed by atoms with Gasteiger partial charge < -0.3 is 4.90 Å². The fraction of sp³-hybridized carbons (Fsp3) is 0.533. The molecule has 1 aliphatic rings. The Morgan fingerprint density at radius 2 is 2.10 bits per heavy atom. The lowest BCUT2D eigenvalue weighted by molar-refractivity contribution is 0.0682. The maximum atomic E-state index is 12.6. The predicted octanol–water partition coefficient (Wildman–Crippen LogP) is 2.24. The fourth-order valence-corrected chi connectivity index (χ4v) is 3.34. The molecule has 6 heteroatoms. The summed E-state index contributed by atoms with van der Waals surface area (Å²) in [6.45, 7) is 5.45. The van der Waals surface area contributed by atoms with Crippen LogP contribution in [0.1, 0.15) is 35.7 Å². The topological polar surface area (TPSA) is 66.5 Å². The second-order valence-electron chi connectivity index (χ2n) is 5.85. The van der Waals surface area contributed by atoms with Crippen LogP contribution in [0.3, 0.4) is 0 Å². The van der Waals surface area contributed by atoms with Crippen molar-refractivity contribution < 1.29 is 13.2 Å². The van der Waals surface area contributed by atoms with Crippen molar-refractivity contribution in [1.82, 2.24) is 4.90 Å². The molecule has 116 valence electrons. The van der Waals surface area contributed by atoms with Crippen molar-refractivity contribution in [2.24, 2.45) is 5.92 Å². The zero-order valence-electron chi connectivity index (χ0n) is 12.7. The Morgan fingerprint density at radius 1 is 1.38 bits per heavy atom. The van der Waals surface area contributed by atoms with Gasteiger partial charge in [0.05, 0.1) is 11.9 Å². The molecule has 1 heterocycles. The number of likely N-dealkylation sites (tertiary alicyclic amines) is 1. The number of anilines is 1. The van der Waals surface area contributed by atoms with E-state index in [1.165, 1.54) is 0 Å². The molecule has 0 saturated carbocycles. The molecular weight excluding hydrogens is 288 g/mol.